The second-order valence-electron chi connectivity index (χ2n) is 3.27. The fraction of sp³-hybridized carbons (Fsp3) is 0.625. The zero-order valence-electron chi connectivity index (χ0n) is 8.26. The van der Waals surface area contributed by atoms with E-state index in [9.17, 15) is 9.59 Å². The number of amides is 1. The monoisotopic (exact) mass is 266 g/mol. The van der Waals surface area contributed by atoms with E-state index in [0.29, 0.717) is 0 Å². The van der Waals surface area contributed by atoms with E-state index in [-0.39, 0.29) is 29.4 Å². The normalized spacial score (nSPS) is 23.9. The molecule has 0 aliphatic carbocycles. The molecule has 1 aliphatic rings. The molecule has 6 nitrogen and oxygen atoms in total. The number of hydrogen-bond acceptors (Lipinski definition) is 5. The van der Waals surface area contributed by atoms with Crippen molar-refractivity contribution in [3.8, 4) is 0 Å². The molecule has 0 bridgehead atoms. The maximum Gasteiger partial charge on any atom is 0.341 e. The first-order valence-electron chi connectivity index (χ1n) is 4.46. The number of carboxylic acid groups (broad SMARTS) is 1. The molecular formula is C8H11ClN2O4S. The van der Waals surface area contributed by atoms with Gasteiger partial charge < -0.3 is 20.5 Å². The second-order valence-corrected chi connectivity index (χ2v) is 4.03. The van der Waals surface area contributed by atoms with Crippen LogP contribution in [-0.4, -0.2) is 58.0 Å². The number of nitrogens with zero attached hydrogens (tertiary/aromatic N) is 1. The number of halogens is 1. The number of alkyl halides is 1. The van der Waals surface area contributed by atoms with Crippen LogP contribution in [0.15, 0.2) is 0 Å². The summed E-state index contributed by atoms with van der Waals surface area (Å²) in [6.07, 6.45) is 0. The van der Waals surface area contributed by atoms with Gasteiger partial charge in [0, 0.05) is 5.88 Å². The molecule has 0 aromatic carbocycles. The first-order chi connectivity index (χ1) is 7.47. The van der Waals surface area contributed by atoms with Gasteiger partial charge in [0.05, 0.1) is 12.6 Å². The quantitative estimate of drug-likeness (QED) is 0.384. The van der Waals surface area contributed by atoms with Crippen LogP contribution in [0.25, 0.3) is 0 Å². The van der Waals surface area contributed by atoms with E-state index in [1.54, 1.807) is 0 Å². The summed E-state index contributed by atoms with van der Waals surface area (Å²) in [7, 11) is 0. The van der Waals surface area contributed by atoms with Crippen molar-refractivity contribution in [1.82, 2.24) is 4.90 Å². The van der Waals surface area contributed by atoms with Crippen molar-refractivity contribution in [3.63, 3.8) is 0 Å². The predicted molar refractivity (Wildman–Crippen MR) is 60.4 cm³/mol. The molecule has 2 atom stereocenters. The third-order valence-corrected chi connectivity index (χ3v) is 2.76. The van der Waals surface area contributed by atoms with Gasteiger partial charge in [0.1, 0.15) is 6.04 Å². The Labute approximate surface area is 102 Å². The number of ether oxygens (including phenoxy) is 1. The first-order valence-corrected chi connectivity index (χ1v) is 5.41. The van der Waals surface area contributed by atoms with Gasteiger partial charge in [-0.1, -0.05) is 0 Å². The van der Waals surface area contributed by atoms with Crippen molar-refractivity contribution in [2.24, 2.45) is 5.73 Å². The van der Waals surface area contributed by atoms with Crippen LogP contribution in [0.3, 0.4) is 0 Å². The van der Waals surface area contributed by atoms with Crippen LogP contribution >= 0.6 is 23.8 Å². The summed E-state index contributed by atoms with van der Waals surface area (Å²) in [4.78, 5) is 22.9. The van der Waals surface area contributed by atoms with E-state index < -0.39 is 18.6 Å². The van der Waals surface area contributed by atoms with Gasteiger partial charge in [-0.25, -0.2) is 4.79 Å². The van der Waals surface area contributed by atoms with Crippen molar-refractivity contribution >= 4 is 40.7 Å². The van der Waals surface area contributed by atoms with Gasteiger partial charge in [-0.15, -0.1) is 11.6 Å². The molecule has 0 aromatic heterocycles. The van der Waals surface area contributed by atoms with Gasteiger partial charge in [0.25, 0.3) is 0 Å². The Morgan fingerprint density at radius 2 is 2.31 bits per heavy atom. The zero-order valence-corrected chi connectivity index (χ0v) is 9.83. The van der Waals surface area contributed by atoms with Crippen molar-refractivity contribution in [2.45, 2.75) is 12.1 Å². The molecule has 3 N–H and O–H groups in total. The van der Waals surface area contributed by atoms with E-state index in [4.69, 9.17) is 39.4 Å². The molecule has 1 aliphatic heterocycles. The fourth-order valence-corrected chi connectivity index (χ4v) is 1.89. The summed E-state index contributed by atoms with van der Waals surface area (Å²) in [5.74, 6) is -1.16. The summed E-state index contributed by atoms with van der Waals surface area (Å²) >= 11 is 10.4. The lowest BCUT2D eigenvalue weighted by atomic mass is 9.98. The number of likely N-dealkylation sites (tertiary alicyclic amines) is 1. The Morgan fingerprint density at radius 3 is 2.81 bits per heavy atom. The molecule has 0 unspecified atom stereocenters. The number of carbonyl (C=O) groups is 2. The highest BCUT2D eigenvalue weighted by Crippen LogP contribution is 2.19. The van der Waals surface area contributed by atoms with Crippen molar-refractivity contribution in [3.05, 3.63) is 0 Å². The first kappa shape index (κ1) is 13.1. The average Bonchev–Trinajstić information content (AvgIpc) is 2.25. The lowest BCUT2D eigenvalue weighted by molar-refractivity contribution is -0.146. The Hall–Kier alpha value is -0.920. The number of carbonyl (C=O) groups excluding carboxylic acids is 1. The van der Waals surface area contributed by atoms with E-state index in [1.165, 1.54) is 4.90 Å². The summed E-state index contributed by atoms with van der Waals surface area (Å²) in [5, 5.41) is 8.39. The molecule has 1 amide bonds. The van der Waals surface area contributed by atoms with Gasteiger partial charge in [0.15, 0.2) is 11.7 Å². The van der Waals surface area contributed by atoms with E-state index >= 15 is 0 Å². The largest absolute Gasteiger partial charge is 0.479 e. The third-order valence-electron chi connectivity index (χ3n) is 2.20. The molecule has 1 rings (SSSR count). The topological polar surface area (TPSA) is 92.9 Å². The highest BCUT2D eigenvalue weighted by molar-refractivity contribution is 7.80. The highest BCUT2D eigenvalue weighted by atomic mass is 35.5. The fourth-order valence-electron chi connectivity index (χ4n) is 1.33. The molecule has 0 aromatic rings. The minimum atomic E-state index is -1.12. The van der Waals surface area contributed by atoms with Crippen LogP contribution in [0.4, 0.5) is 0 Å². The summed E-state index contributed by atoms with van der Waals surface area (Å²) in [6.45, 7) is -0.467. The van der Waals surface area contributed by atoms with Gasteiger partial charge in [-0.3, -0.25) is 4.79 Å². The third kappa shape index (κ3) is 2.81. The predicted octanol–water partition coefficient (Wildman–Crippen LogP) is -0.808. The number of nitrogens with two attached hydrogens (primary N) is 1. The zero-order chi connectivity index (χ0) is 12.3. The molecule has 16 heavy (non-hydrogen) atoms. The van der Waals surface area contributed by atoms with Crippen LogP contribution in [0.5, 0.6) is 0 Å². The SMILES string of the molecule is N[C@H]1C(=O)N(CC(=S)OCC(=O)O)[C@H]1CCl. The molecule has 90 valence electrons. The van der Waals surface area contributed by atoms with E-state index in [1.807, 2.05) is 0 Å². The number of rotatable bonds is 5. The highest BCUT2D eigenvalue weighted by Gasteiger charge is 2.44. The van der Waals surface area contributed by atoms with Crippen LogP contribution in [0.2, 0.25) is 0 Å². The van der Waals surface area contributed by atoms with Crippen molar-refractivity contribution in [1.29, 1.82) is 0 Å². The second kappa shape index (κ2) is 5.42. The Morgan fingerprint density at radius 1 is 1.69 bits per heavy atom. The van der Waals surface area contributed by atoms with Crippen LogP contribution in [0.1, 0.15) is 0 Å². The molecule has 1 heterocycles. The summed E-state index contributed by atoms with van der Waals surface area (Å²) in [6, 6.07) is -0.861. The smallest absolute Gasteiger partial charge is 0.341 e. The van der Waals surface area contributed by atoms with Crippen LogP contribution in [0, 0.1) is 0 Å². The average molecular weight is 267 g/mol. The van der Waals surface area contributed by atoms with Crippen molar-refractivity contribution in [2.75, 3.05) is 19.0 Å². The number of hydrogen-bond donors (Lipinski definition) is 2. The van der Waals surface area contributed by atoms with Crippen LogP contribution in [-0.2, 0) is 14.3 Å². The Balaban J connectivity index is 2.39. The van der Waals surface area contributed by atoms with Gasteiger partial charge in [-0.2, -0.15) is 0 Å². The molecular weight excluding hydrogens is 256 g/mol. The van der Waals surface area contributed by atoms with Gasteiger partial charge in [-0.05, 0) is 12.2 Å². The summed E-state index contributed by atoms with van der Waals surface area (Å²) < 4.78 is 4.74. The van der Waals surface area contributed by atoms with E-state index in [0.717, 1.165) is 0 Å². The van der Waals surface area contributed by atoms with Gasteiger partial charge >= 0.3 is 5.97 Å². The number of carboxylic acids is 1. The molecule has 1 fully saturated rings. The Bertz CT molecular complexity index is 325. The lowest BCUT2D eigenvalue weighted by Gasteiger charge is -2.44. The maximum atomic E-state index is 11.3. The van der Waals surface area contributed by atoms with Crippen molar-refractivity contribution < 1.29 is 19.4 Å². The van der Waals surface area contributed by atoms with Gasteiger partial charge in [0.2, 0.25) is 5.91 Å². The van der Waals surface area contributed by atoms with E-state index in [2.05, 4.69) is 0 Å². The lowest BCUT2D eigenvalue weighted by Crippen LogP contribution is -2.70. The standard InChI is InChI=1S/C8H11ClN2O4S/c9-1-4-7(10)8(14)11(4)2-6(16)15-3-5(12)13/h4,7H,1-3,10H2,(H,12,13)/t4-,7+/m0/s1. The minimum Gasteiger partial charge on any atom is -0.479 e. The number of aliphatic carboxylic acids is 1. The molecule has 0 radical (unpaired) electrons. The maximum absolute atomic E-state index is 11.3. The molecule has 8 heteroatoms. The molecule has 0 saturated carbocycles. The summed E-state index contributed by atoms with van der Waals surface area (Å²) in [5.41, 5.74) is 5.51. The Kier molecular flexibility index (Phi) is 4.45. The van der Waals surface area contributed by atoms with Crippen LogP contribution < -0.4 is 5.73 Å². The molecule has 1 saturated heterocycles. The molecule has 0 spiro atoms. The minimum absolute atomic E-state index is 0.0396. The number of thiocarbonyl (C=S) groups is 1. The number of β-lactam (4-membered cyclic amide) rings is 1.